The number of hydrogen-bond acceptors (Lipinski definition) is 6. The zero-order chi connectivity index (χ0) is 40.1. The molecule has 0 bridgehead atoms. The Morgan fingerprint density at radius 1 is 0.554 bits per heavy atom. The maximum absolute atomic E-state index is 13.8. The fraction of sp³-hybridized carbons (Fsp3) is 0.708. The van der Waals surface area contributed by atoms with E-state index in [1.807, 2.05) is 32.3 Å². The monoisotopic (exact) mass is 778 g/mol. The Hall–Kier alpha value is -3.42. The van der Waals surface area contributed by atoms with E-state index in [4.69, 9.17) is 23.9 Å². The molecule has 0 spiro atoms. The van der Waals surface area contributed by atoms with Crippen LogP contribution in [0.2, 0.25) is 0 Å². The van der Waals surface area contributed by atoms with E-state index in [-0.39, 0.29) is 0 Å². The molecular formula is C48H79N3O5. The van der Waals surface area contributed by atoms with Crippen molar-refractivity contribution < 1.29 is 23.7 Å². The molecule has 3 rings (SSSR count). The zero-order valence-corrected chi connectivity index (χ0v) is 36.4. The standard InChI is InChI=1S/C48H79N3O5/c1-6-9-12-15-18-21-24-27-35-53-44-38-41(47(52)56-43-32-30-31-42(40-43)49-48-50(4)33-34-51(48)5)39-45(54-36-28-25-22-19-16-13-10-7-2)46(44)55-37-29-26-23-20-17-14-11-8-3/h30-32,38-40H,6-29,33-37H2,1-5H3. The Balaban J connectivity index is 1.75. The first-order chi connectivity index (χ1) is 27.5. The van der Waals surface area contributed by atoms with E-state index in [1.165, 1.54) is 116 Å². The van der Waals surface area contributed by atoms with E-state index < -0.39 is 5.97 Å². The van der Waals surface area contributed by atoms with E-state index in [9.17, 15) is 4.79 Å². The lowest BCUT2D eigenvalue weighted by molar-refractivity contribution is 0.0733. The minimum absolute atomic E-state index is 0.383. The summed E-state index contributed by atoms with van der Waals surface area (Å²) in [5, 5.41) is 0. The van der Waals surface area contributed by atoms with Gasteiger partial charge in [0.25, 0.3) is 0 Å². The fourth-order valence-corrected chi connectivity index (χ4v) is 7.16. The van der Waals surface area contributed by atoms with Crippen LogP contribution in [0.5, 0.6) is 23.0 Å². The molecule has 0 saturated carbocycles. The second-order valence-electron chi connectivity index (χ2n) is 15.9. The van der Waals surface area contributed by atoms with Crippen LogP contribution >= 0.6 is 0 Å². The Labute approximate surface area is 342 Å². The van der Waals surface area contributed by atoms with Gasteiger partial charge in [0.15, 0.2) is 11.5 Å². The minimum Gasteiger partial charge on any atom is -0.490 e. The van der Waals surface area contributed by atoms with Gasteiger partial charge >= 0.3 is 5.97 Å². The maximum atomic E-state index is 13.8. The van der Waals surface area contributed by atoms with Gasteiger partial charge in [-0.2, -0.15) is 0 Å². The van der Waals surface area contributed by atoms with Crippen LogP contribution in [0.15, 0.2) is 41.4 Å². The van der Waals surface area contributed by atoms with Crippen LogP contribution in [0.25, 0.3) is 0 Å². The predicted octanol–water partition coefficient (Wildman–Crippen LogP) is 13.3. The van der Waals surface area contributed by atoms with Crippen molar-refractivity contribution in [2.75, 3.05) is 47.0 Å². The van der Waals surface area contributed by atoms with Crippen molar-refractivity contribution >= 4 is 17.6 Å². The number of esters is 1. The van der Waals surface area contributed by atoms with Crippen molar-refractivity contribution in [2.45, 2.75) is 175 Å². The molecule has 1 heterocycles. The van der Waals surface area contributed by atoms with Crippen molar-refractivity contribution in [3.63, 3.8) is 0 Å². The Morgan fingerprint density at radius 3 is 1.41 bits per heavy atom. The molecule has 0 unspecified atom stereocenters. The van der Waals surface area contributed by atoms with Crippen LogP contribution in [-0.4, -0.2) is 68.7 Å². The van der Waals surface area contributed by atoms with Gasteiger partial charge in [0.2, 0.25) is 11.7 Å². The zero-order valence-electron chi connectivity index (χ0n) is 36.4. The third kappa shape index (κ3) is 19.1. The number of rotatable bonds is 33. The smallest absolute Gasteiger partial charge is 0.343 e. The summed E-state index contributed by atoms with van der Waals surface area (Å²) in [6, 6.07) is 11.0. The molecule has 1 saturated heterocycles. The normalized spacial score (nSPS) is 12.7. The van der Waals surface area contributed by atoms with Crippen molar-refractivity contribution in [3.8, 4) is 23.0 Å². The van der Waals surface area contributed by atoms with Crippen LogP contribution in [-0.2, 0) is 0 Å². The molecule has 0 amide bonds. The molecule has 56 heavy (non-hydrogen) atoms. The number of nitrogens with zero attached hydrogens (tertiary/aromatic N) is 3. The molecule has 1 aliphatic rings. The molecule has 0 aliphatic carbocycles. The molecule has 0 radical (unpaired) electrons. The van der Waals surface area contributed by atoms with Crippen molar-refractivity contribution in [1.29, 1.82) is 0 Å². The molecule has 0 N–H and O–H groups in total. The number of ether oxygens (including phenoxy) is 4. The van der Waals surface area contributed by atoms with Crippen molar-refractivity contribution in [3.05, 3.63) is 42.0 Å². The van der Waals surface area contributed by atoms with E-state index in [2.05, 4.69) is 30.6 Å². The lowest BCUT2D eigenvalue weighted by Crippen LogP contribution is -2.27. The molecule has 2 aromatic rings. The minimum atomic E-state index is -0.464. The maximum Gasteiger partial charge on any atom is 0.343 e. The lowest BCUT2D eigenvalue weighted by atomic mass is 10.1. The quantitative estimate of drug-likeness (QED) is 0.0406. The van der Waals surface area contributed by atoms with Crippen LogP contribution in [0.1, 0.15) is 185 Å². The van der Waals surface area contributed by atoms with Crippen LogP contribution < -0.4 is 18.9 Å². The number of carbonyl (C=O) groups excluding carboxylic acids is 1. The van der Waals surface area contributed by atoms with Gasteiger partial charge in [0.05, 0.1) is 31.1 Å². The average Bonchev–Trinajstić information content (AvgIpc) is 3.51. The molecule has 8 heteroatoms. The highest BCUT2D eigenvalue weighted by atomic mass is 16.5. The number of likely N-dealkylation sites (N-methyl/N-ethyl adjacent to an activating group) is 2. The first-order valence-electron chi connectivity index (χ1n) is 22.9. The molecule has 1 fully saturated rings. The van der Waals surface area contributed by atoms with Crippen molar-refractivity contribution in [1.82, 2.24) is 9.80 Å². The number of benzene rings is 2. The number of aliphatic imine (C=N–C) groups is 1. The molecule has 2 aromatic carbocycles. The third-order valence-corrected chi connectivity index (χ3v) is 10.7. The second kappa shape index (κ2) is 29.8. The second-order valence-corrected chi connectivity index (χ2v) is 15.9. The summed E-state index contributed by atoms with van der Waals surface area (Å²) in [7, 11) is 4.08. The number of carbonyl (C=O) groups is 1. The highest BCUT2D eigenvalue weighted by molar-refractivity contribution is 5.93. The van der Waals surface area contributed by atoms with Crippen LogP contribution in [0, 0.1) is 0 Å². The van der Waals surface area contributed by atoms with Gasteiger partial charge in [-0.25, -0.2) is 9.79 Å². The molecular weight excluding hydrogens is 699 g/mol. The van der Waals surface area contributed by atoms with Gasteiger partial charge in [-0.15, -0.1) is 0 Å². The van der Waals surface area contributed by atoms with Gasteiger partial charge < -0.3 is 28.7 Å². The number of hydrogen-bond donors (Lipinski definition) is 0. The summed E-state index contributed by atoms with van der Waals surface area (Å²) in [5.41, 5.74) is 1.12. The van der Waals surface area contributed by atoms with Gasteiger partial charge in [-0.3, -0.25) is 0 Å². The number of unbranched alkanes of at least 4 members (excludes halogenated alkanes) is 21. The van der Waals surface area contributed by atoms with Crippen molar-refractivity contribution in [2.24, 2.45) is 4.99 Å². The summed E-state index contributed by atoms with van der Waals surface area (Å²) in [5.74, 6) is 2.59. The van der Waals surface area contributed by atoms with E-state index in [0.717, 1.165) is 63.3 Å². The summed E-state index contributed by atoms with van der Waals surface area (Å²) in [6.07, 6.45) is 29.4. The highest BCUT2D eigenvalue weighted by Crippen LogP contribution is 2.40. The summed E-state index contributed by atoms with van der Waals surface area (Å²) in [4.78, 5) is 22.9. The molecule has 1 aliphatic heterocycles. The Bertz CT molecular complexity index is 1310. The van der Waals surface area contributed by atoms with E-state index in [1.54, 1.807) is 18.2 Å². The van der Waals surface area contributed by atoms with Crippen LogP contribution in [0.4, 0.5) is 5.69 Å². The predicted molar refractivity (Wildman–Crippen MR) is 235 cm³/mol. The van der Waals surface area contributed by atoms with Gasteiger partial charge in [-0.05, 0) is 43.5 Å². The summed E-state index contributed by atoms with van der Waals surface area (Å²) < 4.78 is 25.4. The van der Waals surface area contributed by atoms with Gasteiger partial charge in [-0.1, -0.05) is 162 Å². The summed E-state index contributed by atoms with van der Waals surface area (Å²) in [6.45, 7) is 10.3. The first kappa shape index (κ1) is 47.0. The first-order valence-corrected chi connectivity index (χ1v) is 22.9. The SMILES string of the molecule is CCCCCCCCCCOc1cc(C(=O)Oc2cccc(N=C3N(C)CCN3C)c2)cc(OCCCCCCCCCC)c1OCCCCCCCCCC. The topological polar surface area (TPSA) is 72.8 Å². The lowest BCUT2D eigenvalue weighted by Gasteiger charge is -2.19. The molecule has 316 valence electrons. The Morgan fingerprint density at radius 2 is 0.964 bits per heavy atom. The van der Waals surface area contributed by atoms with Crippen LogP contribution in [0.3, 0.4) is 0 Å². The molecule has 0 atom stereocenters. The summed E-state index contributed by atoms with van der Waals surface area (Å²) >= 11 is 0. The van der Waals surface area contributed by atoms with E-state index in [0.29, 0.717) is 48.4 Å². The highest BCUT2D eigenvalue weighted by Gasteiger charge is 2.22. The number of guanidine groups is 1. The largest absolute Gasteiger partial charge is 0.490 e. The molecule has 0 aromatic heterocycles. The van der Waals surface area contributed by atoms with Gasteiger partial charge in [0.1, 0.15) is 5.75 Å². The molecule has 8 nitrogen and oxygen atoms in total. The van der Waals surface area contributed by atoms with E-state index >= 15 is 0 Å². The fourth-order valence-electron chi connectivity index (χ4n) is 7.16. The van der Waals surface area contributed by atoms with Gasteiger partial charge in [0, 0.05) is 33.3 Å². The Kier molecular flexibility index (Phi) is 25.0. The average molecular weight is 778 g/mol. The third-order valence-electron chi connectivity index (χ3n) is 10.7.